The van der Waals surface area contributed by atoms with Crippen molar-refractivity contribution in [2.24, 2.45) is 0 Å². The second-order valence-corrected chi connectivity index (χ2v) is 5.65. The van der Waals surface area contributed by atoms with Crippen molar-refractivity contribution in [3.63, 3.8) is 0 Å². The number of carbonyl (C=O) groups is 2. The largest absolute Gasteiger partial charge is 0.497 e. The molecule has 0 radical (unpaired) electrons. The van der Waals surface area contributed by atoms with Crippen LogP contribution in [0, 0.1) is 0 Å². The number of hydrogen-bond acceptors (Lipinski definition) is 5. The molecule has 0 atom stereocenters. The average Bonchev–Trinajstić information content (AvgIpc) is 3.06. The van der Waals surface area contributed by atoms with Crippen molar-refractivity contribution in [2.75, 3.05) is 7.11 Å². The molecule has 0 aliphatic heterocycles. The first-order valence-electron chi connectivity index (χ1n) is 7.13. The third-order valence-corrected chi connectivity index (χ3v) is 4.20. The summed E-state index contributed by atoms with van der Waals surface area (Å²) in [6.07, 6.45) is 0. The van der Waals surface area contributed by atoms with Gasteiger partial charge in [-0.15, -0.1) is 0 Å². The van der Waals surface area contributed by atoms with E-state index in [0.29, 0.717) is 27.5 Å². The van der Waals surface area contributed by atoms with Gasteiger partial charge in [0.2, 0.25) is 23.2 Å². The van der Waals surface area contributed by atoms with Gasteiger partial charge in [0.25, 0.3) is 0 Å². The van der Waals surface area contributed by atoms with Crippen molar-refractivity contribution in [3.8, 4) is 17.2 Å². The highest BCUT2D eigenvalue weighted by molar-refractivity contribution is 6.33. The Kier molecular flexibility index (Phi) is 3.25. The topological polar surface area (TPSA) is 69.4 Å². The lowest BCUT2D eigenvalue weighted by atomic mass is 9.91. The molecular formula is C18H10ClNO4. The quantitative estimate of drug-likeness (QED) is 0.556. The fourth-order valence-electron chi connectivity index (χ4n) is 2.67. The molecule has 0 N–H and O–H groups in total. The van der Waals surface area contributed by atoms with Crippen molar-refractivity contribution < 1.29 is 18.7 Å². The number of methoxy groups -OCH3 is 1. The van der Waals surface area contributed by atoms with Gasteiger partial charge in [-0.2, -0.15) is 0 Å². The van der Waals surface area contributed by atoms with Crippen LogP contribution in [0.5, 0.6) is 5.75 Å². The summed E-state index contributed by atoms with van der Waals surface area (Å²) in [5.41, 5.74) is 1.10. The van der Waals surface area contributed by atoms with Gasteiger partial charge < -0.3 is 9.15 Å². The van der Waals surface area contributed by atoms with E-state index in [1.165, 1.54) is 7.11 Å². The standard InChI is InChI=1S/C18H10ClNO4/c1-23-9-6-7-13(19)12(8-9)18-20-14-15(21)10-4-2-3-5-11(10)16(22)17(14)24-18/h2-8H,1H3. The van der Waals surface area contributed by atoms with Gasteiger partial charge in [-0.3, -0.25) is 9.59 Å². The lowest BCUT2D eigenvalue weighted by Gasteiger charge is -2.10. The zero-order valence-corrected chi connectivity index (χ0v) is 13.3. The molecule has 0 saturated heterocycles. The summed E-state index contributed by atoms with van der Waals surface area (Å²) in [4.78, 5) is 29.3. The molecule has 4 rings (SSSR count). The van der Waals surface area contributed by atoms with Crippen LogP contribution in [0.4, 0.5) is 0 Å². The average molecular weight is 340 g/mol. The van der Waals surface area contributed by atoms with E-state index in [2.05, 4.69) is 4.98 Å². The number of hydrogen-bond donors (Lipinski definition) is 0. The first-order valence-corrected chi connectivity index (χ1v) is 7.51. The van der Waals surface area contributed by atoms with Crippen molar-refractivity contribution in [1.29, 1.82) is 0 Å². The van der Waals surface area contributed by atoms with E-state index in [1.807, 2.05) is 0 Å². The normalized spacial score (nSPS) is 12.8. The molecule has 2 aromatic carbocycles. The number of benzene rings is 2. The first-order chi connectivity index (χ1) is 11.6. The number of ketones is 2. The number of rotatable bonds is 2. The monoisotopic (exact) mass is 339 g/mol. The highest BCUT2D eigenvalue weighted by Crippen LogP contribution is 2.35. The van der Waals surface area contributed by atoms with E-state index in [0.717, 1.165) is 0 Å². The summed E-state index contributed by atoms with van der Waals surface area (Å²) >= 11 is 6.19. The molecule has 0 spiro atoms. The molecule has 3 aromatic rings. The van der Waals surface area contributed by atoms with E-state index < -0.39 is 0 Å². The summed E-state index contributed by atoms with van der Waals surface area (Å²) in [7, 11) is 1.53. The third-order valence-electron chi connectivity index (χ3n) is 3.87. The van der Waals surface area contributed by atoms with Crippen molar-refractivity contribution in [3.05, 3.63) is 70.1 Å². The second kappa shape index (κ2) is 5.32. The highest BCUT2D eigenvalue weighted by atomic mass is 35.5. The van der Waals surface area contributed by atoms with Gasteiger partial charge in [0.05, 0.1) is 17.7 Å². The number of ether oxygens (including phenoxy) is 1. The summed E-state index contributed by atoms with van der Waals surface area (Å²) in [5, 5.41) is 0.381. The number of oxazole rings is 1. The van der Waals surface area contributed by atoms with E-state index in [-0.39, 0.29) is 28.9 Å². The third kappa shape index (κ3) is 2.06. The molecule has 0 saturated carbocycles. The van der Waals surface area contributed by atoms with Crippen molar-refractivity contribution >= 4 is 23.2 Å². The Morgan fingerprint density at radius 1 is 1.00 bits per heavy atom. The zero-order chi connectivity index (χ0) is 16.8. The van der Waals surface area contributed by atoms with Gasteiger partial charge in [-0.1, -0.05) is 35.9 Å². The fourth-order valence-corrected chi connectivity index (χ4v) is 2.87. The van der Waals surface area contributed by atoms with Gasteiger partial charge in [-0.05, 0) is 18.2 Å². The summed E-state index contributed by atoms with van der Waals surface area (Å²) < 4.78 is 10.8. The number of aromatic nitrogens is 1. The maximum Gasteiger partial charge on any atom is 0.231 e. The van der Waals surface area contributed by atoms with Crippen LogP contribution < -0.4 is 4.74 Å². The maximum absolute atomic E-state index is 12.6. The minimum Gasteiger partial charge on any atom is -0.497 e. The van der Waals surface area contributed by atoms with Crippen LogP contribution in [0.1, 0.15) is 32.2 Å². The van der Waals surface area contributed by atoms with E-state index in [9.17, 15) is 9.59 Å². The van der Waals surface area contributed by atoms with Gasteiger partial charge in [0.1, 0.15) is 5.75 Å². The Hall–Kier alpha value is -2.92. The maximum atomic E-state index is 12.6. The van der Waals surface area contributed by atoms with Crippen LogP contribution in [0.15, 0.2) is 46.9 Å². The number of fused-ring (bicyclic) bond motifs is 2. The highest BCUT2D eigenvalue weighted by Gasteiger charge is 2.35. The number of nitrogens with zero attached hydrogens (tertiary/aromatic N) is 1. The van der Waals surface area contributed by atoms with E-state index >= 15 is 0 Å². The molecule has 0 bridgehead atoms. The Bertz CT molecular complexity index is 954. The Morgan fingerprint density at radius 3 is 2.42 bits per heavy atom. The fraction of sp³-hybridized carbons (Fsp3) is 0.0556. The molecule has 118 valence electrons. The Balaban J connectivity index is 1.90. The number of halogens is 1. The predicted octanol–water partition coefficient (Wildman–Crippen LogP) is 3.78. The van der Waals surface area contributed by atoms with Gasteiger partial charge in [-0.25, -0.2) is 4.98 Å². The molecule has 1 aliphatic rings. The van der Waals surface area contributed by atoms with Crippen LogP contribution in [-0.4, -0.2) is 23.7 Å². The lowest BCUT2D eigenvalue weighted by molar-refractivity contribution is 0.0959. The van der Waals surface area contributed by atoms with Gasteiger partial charge in [0, 0.05) is 11.1 Å². The molecule has 24 heavy (non-hydrogen) atoms. The van der Waals surface area contributed by atoms with Crippen LogP contribution in [0.3, 0.4) is 0 Å². The molecule has 0 amide bonds. The smallest absolute Gasteiger partial charge is 0.231 e. The van der Waals surface area contributed by atoms with Crippen LogP contribution in [0.25, 0.3) is 11.5 Å². The van der Waals surface area contributed by atoms with E-state index in [1.54, 1.807) is 42.5 Å². The molecular weight excluding hydrogens is 330 g/mol. The Labute approximate surface area is 141 Å². The molecule has 1 aromatic heterocycles. The number of carbonyl (C=O) groups excluding carboxylic acids is 2. The summed E-state index contributed by atoms with van der Waals surface area (Å²) in [6, 6.07) is 11.6. The lowest BCUT2D eigenvalue weighted by Crippen LogP contribution is -2.19. The van der Waals surface area contributed by atoms with Crippen LogP contribution in [-0.2, 0) is 0 Å². The second-order valence-electron chi connectivity index (χ2n) is 5.25. The van der Waals surface area contributed by atoms with Crippen LogP contribution >= 0.6 is 11.6 Å². The zero-order valence-electron chi connectivity index (χ0n) is 12.5. The van der Waals surface area contributed by atoms with Crippen molar-refractivity contribution in [2.45, 2.75) is 0 Å². The van der Waals surface area contributed by atoms with Gasteiger partial charge >= 0.3 is 0 Å². The molecule has 0 fully saturated rings. The molecule has 5 nitrogen and oxygen atoms in total. The molecule has 1 aliphatic carbocycles. The predicted molar refractivity (Wildman–Crippen MR) is 86.8 cm³/mol. The van der Waals surface area contributed by atoms with Gasteiger partial charge in [0.15, 0.2) is 5.69 Å². The minimum atomic E-state index is -0.363. The molecule has 0 unspecified atom stereocenters. The van der Waals surface area contributed by atoms with E-state index in [4.69, 9.17) is 20.8 Å². The molecule has 6 heteroatoms. The minimum absolute atomic E-state index is 0.00702. The summed E-state index contributed by atoms with van der Waals surface area (Å²) in [5.74, 6) is -0.0929. The van der Waals surface area contributed by atoms with Crippen molar-refractivity contribution in [1.82, 2.24) is 4.98 Å². The molecule has 1 heterocycles. The Morgan fingerprint density at radius 2 is 1.71 bits per heavy atom. The SMILES string of the molecule is COc1ccc(Cl)c(-c2nc3c(o2)C(=O)c2ccccc2C3=O)c1. The summed E-state index contributed by atoms with van der Waals surface area (Å²) in [6.45, 7) is 0. The first kappa shape index (κ1) is 14.7. The van der Waals surface area contributed by atoms with Crippen LogP contribution in [0.2, 0.25) is 5.02 Å².